The monoisotopic (exact) mass is 496 g/mol. The van der Waals surface area contributed by atoms with Crippen molar-refractivity contribution in [1.29, 1.82) is 0 Å². The standard InChI is InChI=1S/C24H17BrO7/c25-8-1-9-31-24(30)13-2-5-16(23(28)29)19(10-13)22-17-6-3-14(26)11-20(17)32-21-12-15(27)4-7-18(21)22/h2-7,10-12,26H,1,8-9H2,(H,28,29). The second kappa shape index (κ2) is 8.84. The molecule has 0 spiro atoms. The van der Waals surface area contributed by atoms with E-state index in [0.717, 1.165) is 0 Å². The highest BCUT2D eigenvalue weighted by Crippen LogP contribution is 2.42. The van der Waals surface area contributed by atoms with E-state index < -0.39 is 11.9 Å². The van der Waals surface area contributed by atoms with E-state index in [1.165, 1.54) is 42.5 Å². The first kappa shape index (κ1) is 21.6. The van der Waals surface area contributed by atoms with Gasteiger partial charge in [0.15, 0.2) is 5.43 Å². The lowest BCUT2D eigenvalue weighted by Gasteiger charge is -2.17. The number of hydrogen-bond donors (Lipinski definition) is 2. The lowest BCUT2D eigenvalue weighted by atomic mass is 9.89. The van der Waals surface area contributed by atoms with Crippen molar-refractivity contribution in [3.63, 3.8) is 0 Å². The normalized spacial score (nSPS) is 11.0. The number of aromatic hydroxyl groups is 1. The van der Waals surface area contributed by atoms with Crippen LogP contribution in [0.3, 0.4) is 0 Å². The Bertz CT molecular complexity index is 1370. The molecule has 0 amide bonds. The zero-order valence-electron chi connectivity index (χ0n) is 16.6. The van der Waals surface area contributed by atoms with Crippen LogP contribution in [-0.4, -0.2) is 34.1 Å². The van der Waals surface area contributed by atoms with Crippen molar-refractivity contribution in [2.45, 2.75) is 6.42 Å². The molecule has 2 aromatic rings. The van der Waals surface area contributed by atoms with Crippen molar-refractivity contribution in [2.24, 2.45) is 0 Å². The molecule has 7 nitrogen and oxygen atoms in total. The van der Waals surface area contributed by atoms with Crippen LogP contribution in [0.25, 0.3) is 33.4 Å². The van der Waals surface area contributed by atoms with Crippen LogP contribution in [-0.2, 0) is 4.74 Å². The summed E-state index contributed by atoms with van der Waals surface area (Å²) in [6.07, 6.45) is 0.641. The van der Waals surface area contributed by atoms with Crippen molar-refractivity contribution in [3.8, 4) is 28.2 Å². The molecule has 162 valence electrons. The molecule has 1 aliphatic heterocycles. The summed E-state index contributed by atoms with van der Waals surface area (Å²) in [7, 11) is 0. The molecule has 32 heavy (non-hydrogen) atoms. The number of ether oxygens (including phenoxy) is 1. The van der Waals surface area contributed by atoms with Crippen LogP contribution in [0.15, 0.2) is 63.8 Å². The fourth-order valence-electron chi connectivity index (χ4n) is 3.52. The highest BCUT2D eigenvalue weighted by atomic mass is 79.9. The second-order valence-electron chi connectivity index (χ2n) is 7.06. The average molecular weight is 497 g/mol. The van der Waals surface area contributed by atoms with Crippen LogP contribution in [0.2, 0.25) is 0 Å². The maximum Gasteiger partial charge on any atom is 0.338 e. The van der Waals surface area contributed by atoms with Crippen molar-refractivity contribution < 1.29 is 29.0 Å². The van der Waals surface area contributed by atoms with Gasteiger partial charge in [-0.2, -0.15) is 0 Å². The molecule has 1 heterocycles. The predicted octanol–water partition coefficient (Wildman–Crippen LogP) is 4.91. The summed E-state index contributed by atoms with van der Waals surface area (Å²) >= 11 is 3.27. The van der Waals surface area contributed by atoms with Gasteiger partial charge in [-0.15, -0.1) is 0 Å². The largest absolute Gasteiger partial charge is 0.508 e. The molecule has 2 aliphatic rings. The molecule has 0 fully saturated rings. The van der Waals surface area contributed by atoms with Gasteiger partial charge in [-0.1, -0.05) is 15.9 Å². The number of alkyl halides is 1. The molecule has 4 rings (SSSR count). The van der Waals surface area contributed by atoms with Crippen LogP contribution >= 0.6 is 15.9 Å². The molecule has 0 aromatic heterocycles. The molecule has 0 saturated carbocycles. The minimum Gasteiger partial charge on any atom is -0.508 e. The Balaban J connectivity index is 2.01. The number of carbonyl (C=O) groups excluding carboxylic acids is 1. The molecule has 0 bridgehead atoms. The van der Waals surface area contributed by atoms with E-state index in [9.17, 15) is 24.6 Å². The van der Waals surface area contributed by atoms with Gasteiger partial charge in [0.1, 0.15) is 17.1 Å². The number of esters is 1. The third-order valence-electron chi connectivity index (χ3n) is 4.94. The van der Waals surface area contributed by atoms with Crippen molar-refractivity contribution in [1.82, 2.24) is 0 Å². The Morgan fingerprint density at radius 2 is 1.81 bits per heavy atom. The molecule has 0 radical (unpaired) electrons. The van der Waals surface area contributed by atoms with Gasteiger partial charge in [0.2, 0.25) is 0 Å². The first-order chi connectivity index (χ1) is 15.4. The van der Waals surface area contributed by atoms with Crippen LogP contribution in [0.1, 0.15) is 27.1 Å². The molecule has 2 aromatic carbocycles. The summed E-state index contributed by atoms with van der Waals surface area (Å²) in [5, 5.41) is 20.9. The fraction of sp³-hybridized carbons (Fsp3) is 0.125. The number of halogens is 1. The maximum absolute atomic E-state index is 12.5. The lowest BCUT2D eigenvalue weighted by Crippen LogP contribution is -2.09. The van der Waals surface area contributed by atoms with Crippen LogP contribution in [0.4, 0.5) is 0 Å². The average Bonchev–Trinajstić information content (AvgIpc) is 2.76. The van der Waals surface area contributed by atoms with Gasteiger partial charge in [-0.25, -0.2) is 9.59 Å². The topological polar surface area (TPSA) is 114 Å². The summed E-state index contributed by atoms with van der Waals surface area (Å²) in [6, 6.07) is 12.9. The van der Waals surface area contributed by atoms with Gasteiger partial charge < -0.3 is 19.4 Å². The number of fused-ring (bicyclic) bond motifs is 2. The molecule has 1 aliphatic carbocycles. The Morgan fingerprint density at radius 3 is 2.56 bits per heavy atom. The van der Waals surface area contributed by atoms with Crippen LogP contribution < -0.4 is 5.43 Å². The summed E-state index contributed by atoms with van der Waals surface area (Å²) in [5.74, 6) is -1.57. The first-order valence-electron chi connectivity index (χ1n) is 9.69. The second-order valence-corrected chi connectivity index (χ2v) is 7.85. The number of carboxylic acid groups (broad SMARTS) is 1. The van der Waals surface area contributed by atoms with Gasteiger partial charge in [0.25, 0.3) is 0 Å². The minimum absolute atomic E-state index is 0.0323. The fourth-order valence-corrected chi connectivity index (χ4v) is 3.75. The van der Waals surface area contributed by atoms with Crippen LogP contribution in [0.5, 0.6) is 5.75 Å². The number of hydrogen-bond acceptors (Lipinski definition) is 6. The van der Waals surface area contributed by atoms with Gasteiger partial charge in [0.05, 0.1) is 17.7 Å². The third kappa shape index (κ3) is 4.09. The van der Waals surface area contributed by atoms with Crippen molar-refractivity contribution in [2.75, 3.05) is 11.9 Å². The highest BCUT2D eigenvalue weighted by molar-refractivity contribution is 9.09. The summed E-state index contributed by atoms with van der Waals surface area (Å²) < 4.78 is 11.1. The van der Waals surface area contributed by atoms with Gasteiger partial charge in [-0.3, -0.25) is 4.79 Å². The van der Waals surface area contributed by atoms with Crippen molar-refractivity contribution >= 4 is 38.8 Å². The highest BCUT2D eigenvalue weighted by Gasteiger charge is 2.23. The summed E-state index contributed by atoms with van der Waals surface area (Å²) in [6.45, 7) is 0.224. The quantitative estimate of drug-likeness (QED) is 0.168. The van der Waals surface area contributed by atoms with Gasteiger partial charge in [-0.05, 0) is 54.4 Å². The number of carbonyl (C=O) groups is 2. The van der Waals surface area contributed by atoms with Gasteiger partial charge >= 0.3 is 11.9 Å². The maximum atomic E-state index is 12.5. The molecule has 0 unspecified atom stereocenters. The Labute approximate surface area is 190 Å². The molecule has 0 atom stereocenters. The molecular weight excluding hydrogens is 480 g/mol. The van der Waals surface area contributed by atoms with E-state index >= 15 is 0 Å². The molecular formula is C24H17BrO7. The Kier molecular flexibility index (Phi) is 5.96. The van der Waals surface area contributed by atoms with Crippen LogP contribution in [0, 0.1) is 0 Å². The Hall–Kier alpha value is -3.65. The first-order valence-corrected chi connectivity index (χ1v) is 10.8. The lowest BCUT2D eigenvalue weighted by molar-refractivity contribution is 0.0505. The Morgan fingerprint density at radius 1 is 1.00 bits per heavy atom. The summed E-state index contributed by atoms with van der Waals surface area (Å²) in [5.41, 5.74) is 1.37. The number of phenolic OH excluding ortho intramolecular Hbond substituents is 1. The zero-order chi connectivity index (χ0) is 22.8. The molecule has 0 saturated heterocycles. The predicted molar refractivity (Wildman–Crippen MR) is 122 cm³/mol. The molecule has 8 heteroatoms. The minimum atomic E-state index is -1.18. The van der Waals surface area contributed by atoms with E-state index in [1.54, 1.807) is 12.1 Å². The summed E-state index contributed by atoms with van der Waals surface area (Å²) in [4.78, 5) is 36.5. The zero-order valence-corrected chi connectivity index (χ0v) is 18.2. The van der Waals surface area contributed by atoms with Crippen molar-refractivity contribution in [3.05, 3.63) is 75.9 Å². The number of phenols is 1. The third-order valence-corrected chi connectivity index (χ3v) is 5.50. The number of carboxylic acids is 1. The van der Waals surface area contributed by atoms with E-state index in [2.05, 4.69) is 15.9 Å². The van der Waals surface area contributed by atoms with E-state index in [0.29, 0.717) is 28.3 Å². The van der Waals surface area contributed by atoms with Gasteiger partial charge in [0, 0.05) is 34.0 Å². The molecule has 2 N–H and O–H groups in total. The number of aromatic carboxylic acids is 1. The number of benzene rings is 3. The van der Waals surface area contributed by atoms with E-state index in [4.69, 9.17) is 9.15 Å². The van der Waals surface area contributed by atoms with E-state index in [1.807, 2.05) is 0 Å². The smallest absolute Gasteiger partial charge is 0.338 e. The SMILES string of the molecule is O=C(OCCCBr)c1ccc(C(=O)O)c(-c2c3ccc(=O)cc-3oc3cc(O)ccc23)c1. The van der Waals surface area contributed by atoms with E-state index in [-0.39, 0.29) is 45.8 Å². The number of rotatable bonds is 6.